The van der Waals surface area contributed by atoms with Gasteiger partial charge in [-0.3, -0.25) is 4.79 Å². The summed E-state index contributed by atoms with van der Waals surface area (Å²) in [6, 6.07) is 14.9. The highest BCUT2D eigenvalue weighted by Crippen LogP contribution is 2.23. The highest BCUT2D eigenvalue weighted by Gasteiger charge is 2.09. The van der Waals surface area contributed by atoms with Crippen LogP contribution in [-0.4, -0.2) is 6.61 Å². The molecule has 1 heterocycles. The fourth-order valence-electron chi connectivity index (χ4n) is 2.43. The van der Waals surface area contributed by atoms with E-state index in [0.717, 1.165) is 17.7 Å². The topological polar surface area (TPSA) is 39.4 Å². The van der Waals surface area contributed by atoms with Crippen molar-refractivity contribution in [2.24, 2.45) is 5.92 Å². The van der Waals surface area contributed by atoms with Crippen molar-refractivity contribution in [3.8, 4) is 16.9 Å². The minimum atomic E-state index is -0.0221. The van der Waals surface area contributed by atoms with Gasteiger partial charge in [-0.15, -0.1) is 0 Å². The lowest BCUT2D eigenvalue weighted by atomic mass is 10.1. The first-order valence-corrected chi connectivity index (χ1v) is 7.89. The molecule has 0 aliphatic carbocycles. The molecule has 0 saturated carbocycles. The average Bonchev–Trinajstić information content (AvgIpc) is 2.55. The van der Waals surface area contributed by atoms with Crippen molar-refractivity contribution in [2.45, 2.75) is 20.3 Å². The highest BCUT2D eigenvalue weighted by molar-refractivity contribution is 5.82. The van der Waals surface area contributed by atoms with Gasteiger partial charge >= 0.3 is 0 Å². The van der Waals surface area contributed by atoms with E-state index in [0.29, 0.717) is 29.1 Å². The smallest absolute Gasteiger partial charge is 0.200 e. The summed E-state index contributed by atoms with van der Waals surface area (Å²) in [5.74, 6) is 1.33. The molecule has 0 fully saturated rings. The maximum atomic E-state index is 12.6. The van der Waals surface area contributed by atoms with Gasteiger partial charge in [0.25, 0.3) is 0 Å². The summed E-state index contributed by atoms with van der Waals surface area (Å²) < 4.78 is 11.4. The third-order valence-electron chi connectivity index (χ3n) is 3.79. The molecule has 118 valence electrons. The standard InChI is InChI=1S/C20H20O3/c1-14(2)10-11-22-16-8-9-17-19(12-16)23-13-18(20(17)21)15-6-4-3-5-7-15/h3-9,12-14H,10-11H2,1-2H3. The summed E-state index contributed by atoms with van der Waals surface area (Å²) in [5.41, 5.74) is 1.97. The number of rotatable bonds is 5. The Labute approximate surface area is 135 Å². The van der Waals surface area contributed by atoms with Crippen LogP contribution in [-0.2, 0) is 0 Å². The van der Waals surface area contributed by atoms with Gasteiger partial charge in [-0.1, -0.05) is 44.2 Å². The minimum absolute atomic E-state index is 0.0221. The molecule has 0 aliphatic heterocycles. The first-order chi connectivity index (χ1) is 11.1. The van der Waals surface area contributed by atoms with Crippen LogP contribution in [0.5, 0.6) is 5.75 Å². The van der Waals surface area contributed by atoms with Crippen molar-refractivity contribution < 1.29 is 9.15 Å². The van der Waals surface area contributed by atoms with Crippen LogP contribution < -0.4 is 10.2 Å². The largest absolute Gasteiger partial charge is 0.493 e. The monoisotopic (exact) mass is 308 g/mol. The maximum absolute atomic E-state index is 12.6. The molecule has 0 radical (unpaired) electrons. The lowest BCUT2D eigenvalue weighted by Crippen LogP contribution is -2.05. The van der Waals surface area contributed by atoms with Crippen molar-refractivity contribution in [3.05, 3.63) is 65.0 Å². The number of ether oxygens (including phenoxy) is 1. The van der Waals surface area contributed by atoms with E-state index < -0.39 is 0 Å². The number of hydrogen-bond acceptors (Lipinski definition) is 3. The summed E-state index contributed by atoms with van der Waals surface area (Å²) in [7, 11) is 0. The zero-order valence-corrected chi connectivity index (χ0v) is 13.4. The molecule has 2 aromatic carbocycles. The van der Waals surface area contributed by atoms with E-state index in [2.05, 4.69) is 13.8 Å². The highest BCUT2D eigenvalue weighted by atomic mass is 16.5. The Morgan fingerprint density at radius 2 is 1.87 bits per heavy atom. The molecule has 0 bridgehead atoms. The van der Waals surface area contributed by atoms with Crippen LogP contribution in [0.2, 0.25) is 0 Å². The summed E-state index contributed by atoms with van der Waals surface area (Å²) in [6.07, 6.45) is 2.52. The molecule has 0 unspecified atom stereocenters. The quantitative estimate of drug-likeness (QED) is 0.674. The molecule has 3 nitrogen and oxygen atoms in total. The van der Waals surface area contributed by atoms with E-state index >= 15 is 0 Å². The first kappa shape index (κ1) is 15.3. The second kappa shape index (κ2) is 6.69. The molecule has 0 aliphatic rings. The molecule has 0 spiro atoms. The van der Waals surface area contributed by atoms with E-state index in [-0.39, 0.29) is 5.43 Å². The molecule has 0 saturated heterocycles. The van der Waals surface area contributed by atoms with Crippen LogP contribution in [0.15, 0.2) is 64.0 Å². The maximum Gasteiger partial charge on any atom is 0.200 e. The molecule has 1 aromatic heterocycles. The fourth-order valence-corrected chi connectivity index (χ4v) is 2.43. The van der Waals surface area contributed by atoms with Crippen molar-refractivity contribution in [2.75, 3.05) is 6.61 Å². The lowest BCUT2D eigenvalue weighted by molar-refractivity contribution is 0.289. The molecule has 0 N–H and O–H groups in total. The van der Waals surface area contributed by atoms with E-state index in [4.69, 9.17) is 9.15 Å². The Hall–Kier alpha value is -2.55. The van der Waals surface area contributed by atoms with E-state index in [1.807, 2.05) is 36.4 Å². The molecule has 3 rings (SSSR count). The van der Waals surface area contributed by atoms with Gasteiger partial charge in [0.2, 0.25) is 0 Å². The third kappa shape index (κ3) is 3.45. The Kier molecular flexibility index (Phi) is 4.47. The van der Waals surface area contributed by atoms with Crippen LogP contribution in [0, 0.1) is 5.92 Å². The number of hydrogen-bond donors (Lipinski definition) is 0. The Balaban J connectivity index is 1.92. The Bertz CT molecular complexity index is 848. The first-order valence-electron chi connectivity index (χ1n) is 7.89. The zero-order chi connectivity index (χ0) is 16.2. The second-order valence-electron chi connectivity index (χ2n) is 6.03. The van der Waals surface area contributed by atoms with Gasteiger partial charge < -0.3 is 9.15 Å². The SMILES string of the molecule is CC(C)CCOc1ccc2c(=O)c(-c3ccccc3)coc2c1. The van der Waals surface area contributed by atoms with Gasteiger partial charge in [0.15, 0.2) is 5.43 Å². The Morgan fingerprint density at radius 1 is 1.09 bits per heavy atom. The van der Waals surface area contributed by atoms with Crippen LogP contribution >= 0.6 is 0 Å². The van der Waals surface area contributed by atoms with Crippen LogP contribution in [0.4, 0.5) is 0 Å². The molecule has 0 amide bonds. The second-order valence-corrected chi connectivity index (χ2v) is 6.03. The van der Waals surface area contributed by atoms with Crippen LogP contribution in [0.25, 0.3) is 22.1 Å². The van der Waals surface area contributed by atoms with Gasteiger partial charge in [0, 0.05) is 6.07 Å². The average molecular weight is 308 g/mol. The minimum Gasteiger partial charge on any atom is -0.493 e. The predicted octanol–water partition coefficient (Wildman–Crippen LogP) is 4.88. The molecular weight excluding hydrogens is 288 g/mol. The summed E-state index contributed by atoms with van der Waals surface area (Å²) in [6.45, 7) is 4.98. The summed E-state index contributed by atoms with van der Waals surface area (Å²) in [5, 5.41) is 0.572. The summed E-state index contributed by atoms with van der Waals surface area (Å²) >= 11 is 0. The van der Waals surface area contributed by atoms with Crippen molar-refractivity contribution in [3.63, 3.8) is 0 Å². The molecule has 0 atom stereocenters. The van der Waals surface area contributed by atoms with Crippen molar-refractivity contribution in [1.82, 2.24) is 0 Å². The molecule has 3 aromatic rings. The van der Waals surface area contributed by atoms with Crippen molar-refractivity contribution >= 4 is 11.0 Å². The van der Waals surface area contributed by atoms with Gasteiger partial charge in [0.1, 0.15) is 17.6 Å². The number of benzene rings is 2. The Morgan fingerprint density at radius 3 is 2.61 bits per heavy atom. The van der Waals surface area contributed by atoms with Gasteiger partial charge in [0.05, 0.1) is 17.6 Å². The van der Waals surface area contributed by atoms with Gasteiger partial charge in [-0.2, -0.15) is 0 Å². The van der Waals surface area contributed by atoms with Crippen LogP contribution in [0.1, 0.15) is 20.3 Å². The number of fused-ring (bicyclic) bond motifs is 1. The van der Waals surface area contributed by atoms with E-state index in [1.165, 1.54) is 6.26 Å². The fraction of sp³-hybridized carbons (Fsp3) is 0.250. The normalized spacial score (nSPS) is 11.1. The van der Waals surface area contributed by atoms with Gasteiger partial charge in [-0.05, 0) is 30.0 Å². The van der Waals surface area contributed by atoms with Crippen LogP contribution in [0.3, 0.4) is 0 Å². The molecule has 23 heavy (non-hydrogen) atoms. The summed E-state index contributed by atoms with van der Waals surface area (Å²) in [4.78, 5) is 12.6. The zero-order valence-electron chi connectivity index (χ0n) is 13.4. The lowest BCUT2D eigenvalue weighted by Gasteiger charge is -2.09. The van der Waals surface area contributed by atoms with Crippen molar-refractivity contribution in [1.29, 1.82) is 0 Å². The molecular formula is C20H20O3. The third-order valence-corrected chi connectivity index (χ3v) is 3.79. The van der Waals surface area contributed by atoms with Gasteiger partial charge in [-0.25, -0.2) is 0 Å². The van der Waals surface area contributed by atoms with E-state index in [1.54, 1.807) is 12.1 Å². The molecule has 3 heteroatoms. The predicted molar refractivity (Wildman–Crippen MR) is 92.9 cm³/mol. The van der Waals surface area contributed by atoms with E-state index in [9.17, 15) is 4.79 Å².